The first kappa shape index (κ1) is 20.7. The maximum Gasteiger partial charge on any atom is 0.322 e. The number of rotatable bonds is 5. The standard InChI is InChI=1S/C24H26N4O3/c1-3-17-6-4-5-7-20(17)26-24(30)28-13-12-21-19(15-28)23(29)27-22(25-21)14-16-8-10-18(31-2)11-9-16/h4-11H,3,12-15H2,1-2H3,(H,26,30)(H,25,27,29). The Bertz CT molecular complexity index is 1140. The second-order valence-electron chi connectivity index (χ2n) is 7.58. The van der Waals surface area contributed by atoms with E-state index in [0.717, 1.165) is 34.7 Å². The number of carbonyl (C=O) groups excluding carboxylic acids is 1. The fraction of sp³-hybridized carbons (Fsp3) is 0.292. The third-order valence-corrected chi connectivity index (χ3v) is 5.58. The van der Waals surface area contributed by atoms with Gasteiger partial charge in [0.25, 0.3) is 5.56 Å². The number of anilines is 1. The van der Waals surface area contributed by atoms with Gasteiger partial charge < -0.3 is 19.9 Å². The first-order chi connectivity index (χ1) is 15.1. The molecule has 0 saturated carbocycles. The van der Waals surface area contributed by atoms with Crippen LogP contribution in [0.1, 0.15) is 35.1 Å². The van der Waals surface area contributed by atoms with E-state index in [4.69, 9.17) is 4.74 Å². The van der Waals surface area contributed by atoms with Crippen LogP contribution in [-0.4, -0.2) is 34.6 Å². The number of aromatic amines is 1. The van der Waals surface area contributed by atoms with Crippen LogP contribution in [0, 0.1) is 0 Å². The van der Waals surface area contributed by atoms with Gasteiger partial charge in [0.15, 0.2) is 0 Å². The number of carbonyl (C=O) groups is 1. The molecule has 4 rings (SSSR count). The minimum Gasteiger partial charge on any atom is -0.497 e. The van der Waals surface area contributed by atoms with Gasteiger partial charge in [0, 0.05) is 25.1 Å². The van der Waals surface area contributed by atoms with E-state index >= 15 is 0 Å². The Balaban J connectivity index is 1.48. The van der Waals surface area contributed by atoms with E-state index in [1.165, 1.54) is 0 Å². The van der Waals surface area contributed by atoms with Crippen molar-refractivity contribution in [2.75, 3.05) is 19.0 Å². The largest absolute Gasteiger partial charge is 0.497 e. The number of amides is 2. The van der Waals surface area contributed by atoms with E-state index in [1.807, 2.05) is 48.5 Å². The van der Waals surface area contributed by atoms with Gasteiger partial charge in [0.1, 0.15) is 11.6 Å². The van der Waals surface area contributed by atoms with Gasteiger partial charge in [0.05, 0.1) is 24.9 Å². The molecule has 0 saturated heterocycles. The van der Waals surface area contributed by atoms with Crippen LogP contribution < -0.4 is 15.6 Å². The Morgan fingerprint density at radius 1 is 1.19 bits per heavy atom. The number of aromatic nitrogens is 2. The highest BCUT2D eigenvalue weighted by molar-refractivity contribution is 5.90. The molecule has 2 aromatic carbocycles. The highest BCUT2D eigenvalue weighted by atomic mass is 16.5. The molecule has 1 aromatic heterocycles. The fourth-order valence-corrected chi connectivity index (χ4v) is 3.82. The first-order valence-electron chi connectivity index (χ1n) is 10.4. The van der Waals surface area contributed by atoms with Crippen LogP contribution in [0.2, 0.25) is 0 Å². The van der Waals surface area contributed by atoms with E-state index in [-0.39, 0.29) is 18.1 Å². The highest BCUT2D eigenvalue weighted by Gasteiger charge is 2.25. The van der Waals surface area contributed by atoms with E-state index in [9.17, 15) is 9.59 Å². The summed E-state index contributed by atoms with van der Waals surface area (Å²) in [4.78, 5) is 34.7. The summed E-state index contributed by atoms with van der Waals surface area (Å²) in [5, 5.41) is 2.98. The van der Waals surface area contributed by atoms with Crippen LogP contribution in [0.25, 0.3) is 0 Å². The summed E-state index contributed by atoms with van der Waals surface area (Å²) in [6.45, 7) is 2.82. The summed E-state index contributed by atoms with van der Waals surface area (Å²) in [6, 6.07) is 15.2. The van der Waals surface area contributed by atoms with Gasteiger partial charge >= 0.3 is 6.03 Å². The molecule has 0 spiro atoms. The number of methoxy groups -OCH3 is 1. The molecular weight excluding hydrogens is 392 g/mol. The monoisotopic (exact) mass is 418 g/mol. The molecule has 2 amide bonds. The maximum absolute atomic E-state index is 12.8. The van der Waals surface area contributed by atoms with Crippen molar-refractivity contribution in [1.82, 2.24) is 14.9 Å². The molecule has 0 aliphatic carbocycles. The van der Waals surface area contributed by atoms with Gasteiger partial charge in [-0.1, -0.05) is 37.3 Å². The van der Waals surface area contributed by atoms with Crippen molar-refractivity contribution < 1.29 is 9.53 Å². The number of nitrogens with zero attached hydrogens (tertiary/aromatic N) is 2. The number of ether oxygens (including phenoxy) is 1. The molecule has 160 valence electrons. The number of urea groups is 1. The average molecular weight is 418 g/mol. The molecule has 3 aromatic rings. The molecule has 2 heterocycles. The quantitative estimate of drug-likeness (QED) is 0.664. The normalized spacial score (nSPS) is 12.9. The molecule has 0 radical (unpaired) electrons. The molecule has 0 atom stereocenters. The van der Waals surface area contributed by atoms with Gasteiger partial charge in [0.2, 0.25) is 0 Å². The van der Waals surface area contributed by atoms with E-state index in [2.05, 4.69) is 22.2 Å². The van der Waals surface area contributed by atoms with Crippen molar-refractivity contribution in [3.8, 4) is 5.75 Å². The Labute approximate surface area is 181 Å². The predicted octanol–water partition coefficient (Wildman–Crippen LogP) is 3.52. The van der Waals surface area contributed by atoms with Crippen LogP contribution in [0.15, 0.2) is 53.3 Å². The molecular formula is C24H26N4O3. The molecule has 1 aliphatic rings. The molecule has 0 bridgehead atoms. The third kappa shape index (κ3) is 4.60. The SMILES string of the molecule is CCc1ccccc1NC(=O)N1CCc2nc(Cc3ccc(OC)cc3)[nH]c(=O)c2C1. The number of H-pyrrole nitrogens is 1. The highest BCUT2D eigenvalue weighted by Crippen LogP contribution is 2.19. The number of nitrogens with one attached hydrogen (secondary N) is 2. The van der Waals surface area contributed by atoms with Crippen LogP contribution in [0.5, 0.6) is 5.75 Å². The van der Waals surface area contributed by atoms with Crippen molar-refractivity contribution in [3.63, 3.8) is 0 Å². The van der Waals surface area contributed by atoms with Crippen LogP contribution in [0.4, 0.5) is 10.5 Å². The van der Waals surface area contributed by atoms with Crippen LogP contribution in [-0.2, 0) is 25.8 Å². The van der Waals surface area contributed by atoms with Gasteiger partial charge in [-0.3, -0.25) is 4.79 Å². The minimum absolute atomic E-state index is 0.181. The van der Waals surface area contributed by atoms with Crippen molar-refractivity contribution >= 4 is 11.7 Å². The lowest BCUT2D eigenvalue weighted by Gasteiger charge is -2.28. The molecule has 1 aliphatic heterocycles. The first-order valence-corrected chi connectivity index (χ1v) is 10.4. The zero-order chi connectivity index (χ0) is 21.8. The molecule has 7 heteroatoms. The lowest BCUT2D eigenvalue weighted by atomic mass is 10.1. The van der Waals surface area contributed by atoms with E-state index in [0.29, 0.717) is 30.8 Å². The van der Waals surface area contributed by atoms with Gasteiger partial charge in [-0.05, 0) is 35.7 Å². The zero-order valence-corrected chi connectivity index (χ0v) is 17.8. The van der Waals surface area contributed by atoms with Crippen LogP contribution in [0.3, 0.4) is 0 Å². The number of hydrogen-bond acceptors (Lipinski definition) is 4. The Hall–Kier alpha value is -3.61. The second kappa shape index (κ2) is 9.04. The topological polar surface area (TPSA) is 87.3 Å². The minimum atomic E-state index is -0.201. The Morgan fingerprint density at radius 3 is 2.71 bits per heavy atom. The van der Waals surface area contributed by atoms with Crippen molar-refractivity contribution in [2.24, 2.45) is 0 Å². The summed E-state index contributed by atoms with van der Waals surface area (Å²) in [5.41, 5.74) is 4.07. The summed E-state index contributed by atoms with van der Waals surface area (Å²) < 4.78 is 5.18. The van der Waals surface area contributed by atoms with Crippen LogP contribution >= 0.6 is 0 Å². The molecule has 2 N–H and O–H groups in total. The maximum atomic E-state index is 12.8. The van der Waals surface area contributed by atoms with Gasteiger partial charge in [-0.25, -0.2) is 9.78 Å². The average Bonchev–Trinajstić information content (AvgIpc) is 2.79. The van der Waals surface area contributed by atoms with Gasteiger partial charge in [-0.15, -0.1) is 0 Å². The van der Waals surface area contributed by atoms with E-state index in [1.54, 1.807) is 12.0 Å². The Kier molecular flexibility index (Phi) is 6.02. The zero-order valence-electron chi connectivity index (χ0n) is 17.8. The number of fused-ring (bicyclic) bond motifs is 1. The number of aryl methyl sites for hydroxylation is 1. The summed E-state index contributed by atoms with van der Waals surface area (Å²) in [6.07, 6.45) is 1.92. The number of benzene rings is 2. The molecule has 0 unspecified atom stereocenters. The third-order valence-electron chi connectivity index (χ3n) is 5.58. The van der Waals surface area contributed by atoms with Crippen molar-refractivity contribution in [2.45, 2.75) is 32.7 Å². The smallest absolute Gasteiger partial charge is 0.322 e. The molecule has 0 fully saturated rings. The van der Waals surface area contributed by atoms with Gasteiger partial charge in [-0.2, -0.15) is 0 Å². The molecule has 31 heavy (non-hydrogen) atoms. The number of para-hydroxylation sites is 1. The molecule has 7 nitrogen and oxygen atoms in total. The summed E-state index contributed by atoms with van der Waals surface area (Å²) >= 11 is 0. The fourth-order valence-electron chi connectivity index (χ4n) is 3.82. The lowest BCUT2D eigenvalue weighted by Crippen LogP contribution is -2.42. The van der Waals surface area contributed by atoms with Crippen molar-refractivity contribution in [1.29, 1.82) is 0 Å². The second-order valence-corrected chi connectivity index (χ2v) is 7.58. The summed E-state index contributed by atoms with van der Waals surface area (Å²) in [5.74, 6) is 1.42. The predicted molar refractivity (Wildman–Crippen MR) is 120 cm³/mol. The number of hydrogen-bond donors (Lipinski definition) is 2. The van der Waals surface area contributed by atoms with E-state index < -0.39 is 0 Å². The Morgan fingerprint density at radius 2 is 1.97 bits per heavy atom. The lowest BCUT2D eigenvalue weighted by molar-refractivity contribution is 0.205. The van der Waals surface area contributed by atoms with Crippen molar-refractivity contribution in [3.05, 3.63) is 87.1 Å². The summed E-state index contributed by atoms with van der Waals surface area (Å²) in [7, 11) is 1.63.